The molecule has 0 heterocycles. The number of hydrogen-bond donors (Lipinski definition) is 1. The number of nitrogens with one attached hydrogen (secondary N) is 1. The predicted molar refractivity (Wildman–Crippen MR) is 74.4 cm³/mol. The highest BCUT2D eigenvalue weighted by atomic mass is 32.2. The fourth-order valence-electron chi connectivity index (χ4n) is 1.81. The first-order valence-electron chi connectivity index (χ1n) is 6.12. The first-order chi connectivity index (χ1) is 9.03. The van der Waals surface area contributed by atoms with Gasteiger partial charge < -0.3 is 14.8 Å². The van der Waals surface area contributed by atoms with Gasteiger partial charge in [0.2, 0.25) is 0 Å². The highest BCUT2D eigenvalue weighted by Crippen LogP contribution is 2.18. The van der Waals surface area contributed by atoms with Gasteiger partial charge in [0, 0.05) is 13.2 Å². The first-order valence-corrected chi connectivity index (χ1v) is 7.77. The van der Waals surface area contributed by atoms with Crippen molar-refractivity contribution < 1.29 is 17.9 Å². The standard InChI is InChI=1S/C13H21NO4S/c1-4-14-11(9-17-2)10-19(15,16)13-7-5-6-12(8-13)18-3/h5-8,11,14H,4,9-10H2,1-3H3. The van der Waals surface area contributed by atoms with Crippen LogP contribution in [0.3, 0.4) is 0 Å². The fraction of sp³-hybridized carbons (Fsp3) is 0.538. The van der Waals surface area contributed by atoms with E-state index in [9.17, 15) is 8.42 Å². The number of sulfone groups is 1. The van der Waals surface area contributed by atoms with Crippen LogP contribution in [-0.2, 0) is 14.6 Å². The van der Waals surface area contributed by atoms with Crippen LogP contribution in [0.1, 0.15) is 6.92 Å². The maximum Gasteiger partial charge on any atom is 0.180 e. The monoisotopic (exact) mass is 287 g/mol. The molecule has 1 N–H and O–H groups in total. The summed E-state index contributed by atoms with van der Waals surface area (Å²) >= 11 is 0. The minimum absolute atomic E-state index is 0.00183. The van der Waals surface area contributed by atoms with Crippen molar-refractivity contribution in [1.82, 2.24) is 5.32 Å². The summed E-state index contributed by atoms with van der Waals surface area (Å²) < 4.78 is 34.7. The summed E-state index contributed by atoms with van der Waals surface area (Å²) in [5.41, 5.74) is 0. The second kappa shape index (κ2) is 7.47. The first kappa shape index (κ1) is 15.9. The van der Waals surface area contributed by atoms with E-state index in [0.717, 1.165) is 0 Å². The molecule has 6 heteroatoms. The zero-order chi connectivity index (χ0) is 14.3. The van der Waals surface area contributed by atoms with Crippen molar-refractivity contribution in [3.63, 3.8) is 0 Å². The fourth-order valence-corrected chi connectivity index (χ4v) is 3.33. The van der Waals surface area contributed by atoms with Gasteiger partial charge in [-0.2, -0.15) is 0 Å². The van der Waals surface area contributed by atoms with Gasteiger partial charge >= 0.3 is 0 Å². The van der Waals surface area contributed by atoms with Crippen LogP contribution in [0.15, 0.2) is 29.2 Å². The van der Waals surface area contributed by atoms with Crippen molar-refractivity contribution in [2.75, 3.05) is 33.1 Å². The van der Waals surface area contributed by atoms with Gasteiger partial charge in [-0.25, -0.2) is 8.42 Å². The zero-order valence-electron chi connectivity index (χ0n) is 11.5. The quantitative estimate of drug-likeness (QED) is 0.775. The van der Waals surface area contributed by atoms with Gasteiger partial charge in [0.25, 0.3) is 0 Å². The number of benzene rings is 1. The molecule has 0 aliphatic rings. The van der Waals surface area contributed by atoms with Crippen molar-refractivity contribution in [3.05, 3.63) is 24.3 Å². The highest BCUT2D eigenvalue weighted by molar-refractivity contribution is 7.91. The van der Waals surface area contributed by atoms with Crippen LogP contribution < -0.4 is 10.1 Å². The SMILES string of the molecule is CCNC(COC)CS(=O)(=O)c1cccc(OC)c1. The molecule has 5 nitrogen and oxygen atoms in total. The third-order valence-corrected chi connectivity index (χ3v) is 4.49. The number of methoxy groups -OCH3 is 2. The lowest BCUT2D eigenvalue weighted by molar-refractivity contribution is 0.174. The Bertz CT molecular complexity index is 481. The normalized spacial score (nSPS) is 13.2. The summed E-state index contributed by atoms with van der Waals surface area (Å²) in [6.07, 6.45) is 0. The zero-order valence-corrected chi connectivity index (χ0v) is 12.4. The summed E-state index contributed by atoms with van der Waals surface area (Å²) in [7, 11) is -0.289. The number of hydrogen-bond acceptors (Lipinski definition) is 5. The largest absolute Gasteiger partial charge is 0.497 e. The molecule has 0 fully saturated rings. The van der Waals surface area contributed by atoms with E-state index < -0.39 is 9.84 Å². The molecule has 1 aromatic rings. The molecule has 0 amide bonds. The van der Waals surface area contributed by atoms with E-state index in [1.54, 1.807) is 25.3 Å². The van der Waals surface area contributed by atoms with E-state index in [2.05, 4.69) is 5.32 Å². The summed E-state index contributed by atoms with van der Waals surface area (Å²) in [5, 5.41) is 3.10. The Morgan fingerprint density at radius 1 is 1.32 bits per heavy atom. The molecule has 0 radical (unpaired) electrons. The Balaban J connectivity index is 2.89. The molecule has 1 rings (SSSR count). The van der Waals surface area contributed by atoms with E-state index in [0.29, 0.717) is 18.9 Å². The second-order valence-electron chi connectivity index (χ2n) is 4.17. The van der Waals surface area contributed by atoms with Crippen LogP contribution in [0.2, 0.25) is 0 Å². The van der Waals surface area contributed by atoms with Gasteiger partial charge in [-0.05, 0) is 24.7 Å². The van der Waals surface area contributed by atoms with Crippen LogP contribution in [0.4, 0.5) is 0 Å². The van der Waals surface area contributed by atoms with Gasteiger partial charge in [0.1, 0.15) is 5.75 Å². The van der Waals surface area contributed by atoms with Crippen LogP contribution in [0, 0.1) is 0 Å². The molecule has 0 aromatic heterocycles. The molecule has 0 bridgehead atoms. The van der Waals surface area contributed by atoms with Crippen molar-refractivity contribution in [3.8, 4) is 5.75 Å². The lowest BCUT2D eigenvalue weighted by Gasteiger charge is -2.17. The number of ether oxygens (including phenoxy) is 2. The van der Waals surface area contributed by atoms with E-state index in [1.165, 1.54) is 13.2 Å². The average molecular weight is 287 g/mol. The van der Waals surface area contributed by atoms with Gasteiger partial charge in [-0.1, -0.05) is 13.0 Å². The van der Waals surface area contributed by atoms with Crippen LogP contribution >= 0.6 is 0 Å². The number of rotatable bonds is 8. The van der Waals surface area contributed by atoms with E-state index in [-0.39, 0.29) is 16.7 Å². The van der Waals surface area contributed by atoms with Gasteiger partial charge in [0.05, 0.1) is 24.4 Å². The molecule has 1 atom stereocenters. The number of likely N-dealkylation sites (N-methyl/N-ethyl adjacent to an activating group) is 1. The third-order valence-electron chi connectivity index (χ3n) is 2.68. The van der Waals surface area contributed by atoms with Gasteiger partial charge in [-0.3, -0.25) is 0 Å². The summed E-state index contributed by atoms with van der Waals surface area (Å²) in [6, 6.07) is 6.28. The van der Waals surface area contributed by atoms with Crippen molar-refractivity contribution in [2.45, 2.75) is 17.9 Å². The molecular formula is C13H21NO4S. The Kier molecular flexibility index (Phi) is 6.27. The van der Waals surface area contributed by atoms with Crippen LogP contribution in [-0.4, -0.2) is 47.6 Å². The molecule has 0 saturated heterocycles. The molecule has 108 valence electrons. The average Bonchev–Trinajstić information content (AvgIpc) is 2.39. The van der Waals surface area contributed by atoms with Crippen molar-refractivity contribution in [2.24, 2.45) is 0 Å². The molecule has 0 spiro atoms. The topological polar surface area (TPSA) is 64.6 Å². The Labute approximate surface area is 114 Å². The predicted octanol–water partition coefficient (Wildman–Crippen LogP) is 1.09. The summed E-state index contributed by atoms with van der Waals surface area (Å²) in [6.45, 7) is 2.99. The maximum absolute atomic E-state index is 12.3. The van der Waals surface area contributed by atoms with E-state index in [1.807, 2.05) is 6.92 Å². The lowest BCUT2D eigenvalue weighted by Crippen LogP contribution is -2.39. The van der Waals surface area contributed by atoms with Gasteiger partial charge in [0.15, 0.2) is 9.84 Å². The van der Waals surface area contributed by atoms with Crippen LogP contribution in [0.25, 0.3) is 0 Å². The van der Waals surface area contributed by atoms with Crippen molar-refractivity contribution in [1.29, 1.82) is 0 Å². The van der Waals surface area contributed by atoms with Gasteiger partial charge in [-0.15, -0.1) is 0 Å². The highest BCUT2D eigenvalue weighted by Gasteiger charge is 2.21. The molecule has 19 heavy (non-hydrogen) atoms. The minimum Gasteiger partial charge on any atom is -0.497 e. The minimum atomic E-state index is -3.36. The maximum atomic E-state index is 12.3. The summed E-state index contributed by atoms with van der Waals surface area (Å²) in [4.78, 5) is 0.269. The molecule has 0 saturated carbocycles. The van der Waals surface area contributed by atoms with Crippen molar-refractivity contribution >= 4 is 9.84 Å². The summed E-state index contributed by atoms with van der Waals surface area (Å²) in [5.74, 6) is 0.537. The van der Waals surface area contributed by atoms with E-state index >= 15 is 0 Å². The lowest BCUT2D eigenvalue weighted by atomic mass is 10.3. The Morgan fingerprint density at radius 3 is 2.63 bits per heavy atom. The van der Waals surface area contributed by atoms with E-state index in [4.69, 9.17) is 9.47 Å². The third kappa shape index (κ3) is 4.81. The molecular weight excluding hydrogens is 266 g/mol. The second-order valence-corrected chi connectivity index (χ2v) is 6.20. The molecule has 1 aromatic carbocycles. The Morgan fingerprint density at radius 2 is 2.05 bits per heavy atom. The molecule has 0 aliphatic heterocycles. The molecule has 0 aliphatic carbocycles. The van der Waals surface area contributed by atoms with Crippen LogP contribution in [0.5, 0.6) is 5.75 Å². The molecule has 1 unspecified atom stereocenters. The smallest absolute Gasteiger partial charge is 0.180 e. The Hall–Kier alpha value is -1.11.